The van der Waals surface area contributed by atoms with E-state index in [1.165, 1.54) is 16.4 Å². The highest BCUT2D eigenvalue weighted by atomic mass is 32.1. The van der Waals surface area contributed by atoms with E-state index < -0.39 is 0 Å². The van der Waals surface area contributed by atoms with E-state index in [9.17, 15) is 0 Å². The Labute approximate surface area is 73.7 Å². The highest BCUT2D eigenvalue weighted by Gasteiger charge is 2.14. The molecule has 3 nitrogen and oxygen atoms in total. The van der Waals surface area contributed by atoms with E-state index in [4.69, 9.17) is 0 Å². The van der Waals surface area contributed by atoms with Crippen LogP contribution in [0.15, 0.2) is 24.0 Å². The van der Waals surface area contributed by atoms with Crippen molar-refractivity contribution >= 4 is 17.0 Å². The van der Waals surface area contributed by atoms with E-state index in [1.54, 1.807) is 11.3 Å². The van der Waals surface area contributed by atoms with Crippen molar-refractivity contribution in [3.63, 3.8) is 0 Å². The summed E-state index contributed by atoms with van der Waals surface area (Å²) in [6.07, 6.45) is 3.77. The number of nitrogens with zero attached hydrogens (tertiary/aromatic N) is 2. The van der Waals surface area contributed by atoms with Crippen molar-refractivity contribution in [2.24, 2.45) is 0 Å². The summed E-state index contributed by atoms with van der Waals surface area (Å²) in [5.74, 6) is 0. The maximum absolute atomic E-state index is 4.11. The number of thiophene rings is 1. The molecular formula is C8H7N3S. The van der Waals surface area contributed by atoms with Gasteiger partial charge in [-0.1, -0.05) is 0 Å². The Morgan fingerprint density at radius 3 is 3.58 bits per heavy atom. The van der Waals surface area contributed by atoms with Crippen LogP contribution in [0, 0.1) is 0 Å². The van der Waals surface area contributed by atoms with Crippen LogP contribution < -0.4 is 5.32 Å². The van der Waals surface area contributed by atoms with Gasteiger partial charge in [-0.2, -0.15) is 0 Å². The molecular weight excluding hydrogens is 170 g/mol. The molecule has 1 N–H and O–H groups in total. The van der Waals surface area contributed by atoms with Crippen molar-refractivity contribution in [1.29, 1.82) is 0 Å². The molecule has 4 heteroatoms. The first-order chi connectivity index (χ1) is 5.95. The van der Waals surface area contributed by atoms with Crippen LogP contribution in [0.25, 0.3) is 5.00 Å². The summed E-state index contributed by atoms with van der Waals surface area (Å²) < 4.78 is 2.14. The standard InChI is InChI=1S/C8H7N3S/c1-2-12-8-7(1)10-4-6-3-9-5-11(6)8/h1-3,5,10H,4H2. The van der Waals surface area contributed by atoms with Gasteiger partial charge in [0.25, 0.3) is 0 Å². The number of rotatable bonds is 0. The van der Waals surface area contributed by atoms with E-state index >= 15 is 0 Å². The molecule has 0 atom stereocenters. The zero-order valence-corrected chi connectivity index (χ0v) is 7.14. The Morgan fingerprint density at radius 2 is 2.58 bits per heavy atom. The lowest BCUT2D eigenvalue weighted by atomic mass is 10.3. The predicted molar refractivity (Wildman–Crippen MR) is 48.8 cm³/mol. The van der Waals surface area contributed by atoms with Crippen LogP contribution in [-0.2, 0) is 6.54 Å². The van der Waals surface area contributed by atoms with E-state index in [0.717, 1.165) is 6.54 Å². The van der Waals surface area contributed by atoms with Crippen molar-refractivity contribution in [2.75, 3.05) is 5.32 Å². The molecule has 2 aromatic rings. The van der Waals surface area contributed by atoms with Gasteiger partial charge >= 0.3 is 0 Å². The minimum absolute atomic E-state index is 0.879. The molecule has 3 rings (SSSR count). The van der Waals surface area contributed by atoms with Crippen LogP contribution in [0.3, 0.4) is 0 Å². The molecule has 0 amide bonds. The van der Waals surface area contributed by atoms with Gasteiger partial charge in [0.2, 0.25) is 0 Å². The largest absolute Gasteiger partial charge is 0.377 e. The van der Waals surface area contributed by atoms with Gasteiger partial charge in [0.1, 0.15) is 11.3 Å². The van der Waals surface area contributed by atoms with Crippen molar-refractivity contribution in [1.82, 2.24) is 9.55 Å². The normalized spacial score (nSPS) is 13.3. The van der Waals surface area contributed by atoms with Crippen molar-refractivity contribution in [3.8, 4) is 5.00 Å². The fraction of sp³-hybridized carbons (Fsp3) is 0.125. The maximum atomic E-state index is 4.11. The first kappa shape index (κ1) is 6.25. The molecule has 60 valence electrons. The number of aromatic nitrogens is 2. The highest BCUT2D eigenvalue weighted by Crippen LogP contribution is 2.31. The lowest BCUT2D eigenvalue weighted by Crippen LogP contribution is -2.11. The summed E-state index contributed by atoms with van der Waals surface area (Å²) in [4.78, 5) is 4.11. The van der Waals surface area contributed by atoms with Crippen LogP contribution in [0.1, 0.15) is 5.69 Å². The van der Waals surface area contributed by atoms with Gasteiger partial charge in [-0.3, -0.25) is 4.57 Å². The van der Waals surface area contributed by atoms with Gasteiger partial charge in [-0.05, 0) is 11.4 Å². The maximum Gasteiger partial charge on any atom is 0.124 e. The van der Waals surface area contributed by atoms with Gasteiger partial charge in [0, 0.05) is 0 Å². The number of nitrogens with one attached hydrogen (secondary N) is 1. The van der Waals surface area contributed by atoms with Crippen molar-refractivity contribution in [3.05, 3.63) is 29.7 Å². The van der Waals surface area contributed by atoms with Crippen LogP contribution >= 0.6 is 11.3 Å². The third-order valence-corrected chi connectivity index (χ3v) is 2.95. The second-order valence-electron chi connectivity index (χ2n) is 2.75. The molecule has 1 aliphatic heterocycles. The predicted octanol–water partition coefficient (Wildman–Crippen LogP) is 1.86. The molecule has 0 aliphatic carbocycles. The average molecular weight is 177 g/mol. The Balaban J connectivity index is 2.32. The van der Waals surface area contributed by atoms with Gasteiger partial charge in [-0.25, -0.2) is 4.98 Å². The first-order valence-corrected chi connectivity index (χ1v) is 4.66. The zero-order valence-electron chi connectivity index (χ0n) is 6.32. The first-order valence-electron chi connectivity index (χ1n) is 3.78. The Morgan fingerprint density at radius 1 is 1.58 bits per heavy atom. The molecule has 0 fully saturated rings. The molecule has 0 radical (unpaired) electrons. The third kappa shape index (κ3) is 0.674. The summed E-state index contributed by atoms with van der Waals surface area (Å²) in [6, 6.07) is 2.10. The molecule has 0 bridgehead atoms. The van der Waals surface area contributed by atoms with Gasteiger partial charge in [0.05, 0.1) is 24.1 Å². The molecule has 3 heterocycles. The molecule has 0 unspecified atom stereocenters. The van der Waals surface area contributed by atoms with Crippen LogP contribution in [-0.4, -0.2) is 9.55 Å². The van der Waals surface area contributed by atoms with Crippen molar-refractivity contribution in [2.45, 2.75) is 6.54 Å². The summed E-state index contributed by atoms with van der Waals surface area (Å²) >= 11 is 1.73. The lowest BCUT2D eigenvalue weighted by molar-refractivity contribution is 0.923. The molecule has 12 heavy (non-hydrogen) atoms. The Hall–Kier alpha value is -1.29. The minimum Gasteiger partial charge on any atom is -0.377 e. The average Bonchev–Trinajstić information content (AvgIpc) is 2.71. The third-order valence-electron chi connectivity index (χ3n) is 2.04. The van der Waals surface area contributed by atoms with Gasteiger partial charge < -0.3 is 5.32 Å². The minimum atomic E-state index is 0.879. The van der Waals surface area contributed by atoms with E-state index in [0.29, 0.717) is 0 Å². The molecule has 2 aromatic heterocycles. The highest BCUT2D eigenvalue weighted by molar-refractivity contribution is 7.13. The SMILES string of the molecule is c1cc2c(s1)-n1cncc1CN2. The lowest BCUT2D eigenvalue weighted by Gasteiger charge is -2.15. The smallest absolute Gasteiger partial charge is 0.124 e. The second kappa shape index (κ2) is 2.10. The number of hydrogen-bond donors (Lipinski definition) is 1. The summed E-state index contributed by atoms with van der Waals surface area (Å²) in [5, 5.41) is 6.67. The number of hydrogen-bond acceptors (Lipinski definition) is 3. The Bertz CT molecular complexity index is 375. The molecule has 0 spiro atoms. The fourth-order valence-electron chi connectivity index (χ4n) is 1.44. The van der Waals surface area contributed by atoms with Gasteiger partial charge in [-0.15, -0.1) is 11.3 Å². The van der Waals surface area contributed by atoms with Gasteiger partial charge in [0.15, 0.2) is 0 Å². The summed E-state index contributed by atoms with van der Waals surface area (Å²) in [7, 11) is 0. The molecule has 0 saturated carbocycles. The van der Waals surface area contributed by atoms with Crippen LogP contribution in [0.2, 0.25) is 0 Å². The van der Waals surface area contributed by atoms with E-state index in [-0.39, 0.29) is 0 Å². The second-order valence-corrected chi connectivity index (χ2v) is 3.64. The molecule has 1 aliphatic rings. The summed E-state index contributed by atoms with van der Waals surface area (Å²) in [5.41, 5.74) is 2.44. The van der Waals surface area contributed by atoms with Crippen molar-refractivity contribution < 1.29 is 0 Å². The number of fused-ring (bicyclic) bond motifs is 3. The monoisotopic (exact) mass is 177 g/mol. The Kier molecular flexibility index (Phi) is 1.10. The summed E-state index contributed by atoms with van der Waals surface area (Å²) in [6.45, 7) is 0.879. The number of anilines is 1. The van der Waals surface area contributed by atoms with Crippen LogP contribution in [0.4, 0.5) is 5.69 Å². The molecule has 0 aromatic carbocycles. The zero-order chi connectivity index (χ0) is 7.97. The van der Waals surface area contributed by atoms with Crippen LogP contribution in [0.5, 0.6) is 0 Å². The van der Waals surface area contributed by atoms with E-state index in [2.05, 4.69) is 26.3 Å². The fourth-order valence-corrected chi connectivity index (χ4v) is 2.32. The molecule has 0 saturated heterocycles. The van der Waals surface area contributed by atoms with E-state index in [1.807, 2.05) is 12.5 Å². The quantitative estimate of drug-likeness (QED) is 0.665. The number of imidazole rings is 1. The topological polar surface area (TPSA) is 29.9 Å².